The zero-order valence-electron chi connectivity index (χ0n) is 32.7. The topological polar surface area (TPSA) is 146 Å². The molecule has 13 unspecified atom stereocenters. The zero-order valence-corrected chi connectivity index (χ0v) is 32.7. The van der Waals surface area contributed by atoms with Gasteiger partial charge in [-0.25, -0.2) is 4.79 Å². The zero-order chi connectivity index (χ0) is 37.1. The molecule has 0 radical (unpaired) electrons. The third-order valence-electron chi connectivity index (χ3n) is 17.8. The SMILES string of the molecule is C[C@@H]1CC(C)(C)C2CC[C@]3(C)C(CCC4[C@@]5(C)CCC([C@@H](C)CCC(O)C(O)C(O)COC6OC7C(=O)OC(C6O)C7O)C5CC[C@]43C)[C@@]2(C)C1. The lowest BCUT2D eigenvalue weighted by atomic mass is 9.31. The minimum atomic E-state index is -1.44. The molecule has 0 aromatic rings. The Hall–Kier alpha value is -0.810. The highest BCUT2D eigenvalue weighted by molar-refractivity contribution is 5.78. The average molecular weight is 719 g/mol. The van der Waals surface area contributed by atoms with Gasteiger partial charge in [-0.1, -0.05) is 55.4 Å². The number of carbonyl (C=O) groups excluding carboxylic acids is 1. The highest BCUT2D eigenvalue weighted by Crippen LogP contribution is 2.78. The van der Waals surface area contributed by atoms with Crippen molar-refractivity contribution in [3.63, 3.8) is 0 Å². The Morgan fingerprint density at radius 2 is 1.43 bits per heavy atom. The fourth-order valence-electron chi connectivity index (χ4n) is 15.6. The molecule has 0 aromatic carbocycles. The largest absolute Gasteiger partial charge is 0.454 e. The van der Waals surface area contributed by atoms with E-state index in [0.717, 1.165) is 30.1 Å². The summed E-state index contributed by atoms with van der Waals surface area (Å²) in [6.07, 6.45) is 4.08. The normalized spacial score (nSPS) is 52.4. The van der Waals surface area contributed by atoms with E-state index >= 15 is 0 Å². The third kappa shape index (κ3) is 5.82. The Balaban J connectivity index is 0.954. The highest BCUT2D eigenvalue weighted by Gasteiger charge is 2.70. The fraction of sp³-hybridized carbons (Fsp3) is 0.976. The molecule has 51 heavy (non-hydrogen) atoms. The standard InChI is InChI=1S/C42H70O9/c1-22-19-38(3,4)28-15-18-42(8)30(40(28,6)20-22)12-11-29-39(5)16-13-24(25(39)14-17-41(29,42)7)23(2)9-10-26(43)31(45)27(44)21-49-37-33(47)34-32(46)35(51-37)36(48)50-34/h22-35,37,43-47H,9-21H2,1-8H3/t22-,23+,24?,25?,26?,27?,28?,29?,30?,31?,32?,33?,34?,35?,37?,39+,40+,41-,42-/m1/s1. The number of aliphatic hydroxyl groups is 5. The maximum atomic E-state index is 11.8. The quantitative estimate of drug-likeness (QED) is 0.192. The molecular weight excluding hydrogens is 648 g/mol. The molecule has 9 nitrogen and oxygen atoms in total. The third-order valence-corrected chi connectivity index (χ3v) is 17.8. The highest BCUT2D eigenvalue weighted by atomic mass is 16.7. The fourth-order valence-corrected chi connectivity index (χ4v) is 15.6. The molecule has 7 aliphatic rings. The first-order valence-corrected chi connectivity index (χ1v) is 20.7. The van der Waals surface area contributed by atoms with E-state index in [9.17, 15) is 30.3 Å². The molecule has 5 aliphatic carbocycles. The second-order valence-electron chi connectivity index (χ2n) is 20.8. The minimum Gasteiger partial charge on any atom is -0.454 e. The number of carbonyl (C=O) groups is 1. The first kappa shape index (κ1) is 38.5. The summed E-state index contributed by atoms with van der Waals surface area (Å²) in [5.74, 6) is 4.08. The Bertz CT molecular complexity index is 1310. The smallest absolute Gasteiger partial charge is 0.338 e. The molecule has 5 N–H and O–H groups in total. The first-order chi connectivity index (χ1) is 23.8. The number of esters is 1. The minimum absolute atomic E-state index is 0.333. The number of rotatable bonds is 9. The van der Waals surface area contributed by atoms with Crippen molar-refractivity contribution in [1.29, 1.82) is 0 Å². The van der Waals surface area contributed by atoms with Crippen LogP contribution in [-0.4, -0.2) is 87.1 Å². The number of fused-ring (bicyclic) bond motifs is 9. The summed E-state index contributed by atoms with van der Waals surface area (Å²) in [4.78, 5) is 11.8. The van der Waals surface area contributed by atoms with Gasteiger partial charge in [0.15, 0.2) is 18.5 Å². The van der Waals surface area contributed by atoms with Crippen LogP contribution in [0.25, 0.3) is 0 Å². The van der Waals surface area contributed by atoms with Gasteiger partial charge < -0.3 is 39.7 Å². The summed E-state index contributed by atoms with van der Waals surface area (Å²) in [6, 6.07) is 0. The summed E-state index contributed by atoms with van der Waals surface area (Å²) in [6.45, 7) is 20.4. The predicted octanol–water partition coefficient (Wildman–Crippen LogP) is 5.61. The van der Waals surface area contributed by atoms with Crippen molar-refractivity contribution in [2.24, 2.45) is 68.5 Å². The van der Waals surface area contributed by atoms with Crippen LogP contribution < -0.4 is 0 Å². The molecule has 2 saturated heterocycles. The average Bonchev–Trinajstić information content (AvgIpc) is 3.50. The summed E-state index contributed by atoms with van der Waals surface area (Å²) >= 11 is 0. The van der Waals surface area contributed by atoms with Crippen molar-refractivity contribution in [2.45, 2.75) is 181 Å². The first-order valence-electron chi connectivity index (χ1n) is 20.7. The van der Waals surface area contributed by atoms with Gasteiger partial charge in [0.2, 0.25) is 0 Å². The van der Waals surface area contributed by atoms with Crippen LogP contribution in [0, 0.1) is 68.5 Å². The van der Waals surface area contributed by atoms with E-state index in [2.05, 4.69) is 55.4 Å². The molecule has 7 fully saturated rings. The number of hydrogen-bond donors (Lipinski definition) is 5. The van der Waals surface area contributed by atoms with Gasteiger partial charge in [0, 0.05) is 0 Å². The second kappa shape index (κ2) is 13.2. The maximum absolute atomic E-state index is 11.8. The van der Waals surface area contributed by atoms with Crippen LogP contribution in [0.5, 0.6) is 0 Å². The molecule has 9 heteroatoms. The van der Waals surface area contributed by atoms with Crippen molar-refractivity contribution < 1.29 is 44.5 Å². The molecule has 0 amide bonds. The number of hydrogen-bond acceptors (Lipinski definition) is 9. The van der Waals surface area contributed by atoms with E-state index in [1.54, 1.807) is 0 Å². The monoisotopic (exact) mass is 719 g/mol. The van der Waals surface area contributed by atoms with Crippen LogP contribution in [0.3, 0.4) is 0 Å². The molecule has 5 saturated carbocycles. The number of aliphatic hydroxyl groups excluding tert-OH is 5. The molecule has 292 valence electrons. The van der Waals surface area contributed by atoms with Gasteiger partial charge in [0.25, 0.3) is 0 Å². The van der Waals surface area contributed by atoms with Gasteiger partial charge in [-0.05, 0) is 146 Å². The summed E-state index contributed by atoms with van der Waals surface area (Å²) in [5, 5.41) is 52.8. The van der Waals surface area contributed by atoms with Gasteiger partial charge in [-0.3, -0.25) is 0 Å². The Morgan fingerprint density at radius 3 is 2.12 bits per heavy atom. The van der Waals surface area contributed by atoms with E-state index in [-0.39, 0.29) is 0 Å². The van der Waals surface area contributed by atoms with E-state index in [1.165, 1.54) is 64.2 Å². The molecule has 7 rings (SSSR count). The number of ether oxygens (including phenoxy) is 3. The lowest BCUT2D eigenvalue weighted by molar-refractivity contribution is -0.270. The van der Waals surface area contributed by atoms with E-state index in [4.69, 9.17) is 14.2 Å². The van der Waals surface area contributed by atoms with Gasteiger partial charge in [-0.15, -0.1) is 0 Å². The van der Waals surface area contributed by atoms with E-state index in [1.807, 2.05) is 0 Å². The van der Waals surface area contributed by atoms with Crippen molar-refractivity contribution in [3.05, 3.63) is 0 Å². The van der Waals surface area contributed by atoms with Crippen LogP contribution in [0.1, 0.15) is 132 Å². The lowest BCUT2D eigenvalue weighted by Gasteiger charge is -2.73. The van der Waals surface area contributed by atoms with Gasteiger partial charge in [-0.2, -0.15) is 0 Å². The van der Waals surface area contributed by atoms with Crippen LogP contribution >= 0.6 is 0 Å². The van der Waals surface area contributed by atoms with Crippen LogP contribution in [0.2, 0.25) is 0 Å². The summed E-state index contributed by atoms with van der Waals surface area (Å²) < 4.78 is 15.8. The van der Waals surface area contributed by atoms with E-state index < -0.39 is 61.6 Å². The Labute approximate surface area is 306 Å². The van der Waals surface area contributed by atoms with Gasteiger partial charge in [0.05, 0.1) is 12.7 Å². The lowest BCUT2D eigenvalue weighted by Crippen LogP contribution is -2.66. The van der Waals surface area contributed by atoms with Crippen LogP contribution in [0.15, 0.2) is 0 Å². The molecule has 2 heterocycles. The predicted molar refractivity (Wildman–Crippen MR) is 192 cm³/mol. The Morgan fingerprint density at radius 1 is 0.784 bits per heavy atom. The molecular formula is C42H70O9. The second-order valence-corrected chi connectivity index (χ2v) is 20.8. The van der Waals surface area contributed by atoms with Crippen LogP contribution in [0.4, 0.5) is 0 Å². The van der Waals surface area contributed by atoms with Gasteiger partial charge in [0.1, 0.15) is 24.4 Å². The molecule has 2 bridgehead atoms. The molecule has 0 spiro atoms. The van der Waals surface area contributed by atoms with Crippen molar-refractivity contribution in [2.75, 3.05) is 6.61 Å². The van der Waals surface area contributed by atoms with E-state index in [0.29, 0.717) is 51.2 Å². The van der Waals surface area contributed by atoms with Crippen LogP contribution in [-0.2, 0) is 19.0 Å². The summed E-state index contributed by atoms with van der Waals surface area (Å²) in [7, 11) is 0. The van der Waals surface area contributed by atoms with Crippen molar-refractivity contribution >= 4 is 5.97 Å². The maximum Gasteiger partial charge on any atom is 0.338 e. The molecule has 19 atom stereocenters. The molecule has 2 aliphatic heterocycles. The van der Waals surface area contributed by atoms with Crippen molar-refractivity contribution in [1.82, 2.24) is 0 Å². The van der Waals surface area contributed by atoms with Gasteiger partial charge >= 0.3 is 5.97 Å². The summed E-state index contributed by atoms with van der Waals surface area (Å²) in [5.41, 5.74) is 1.93. The van der Waals surface area contributed by atoms with Crippen molar-refractivity contribution in [3.8, 4) is 0 Å². The Kier molecular flexibility index (Phi) is 9.92. The molecule has 0 aromatic heterocycles.